The van der Waals surface area contributed by atoms with E-state index in [4.69, 9.17) is 0 Å². The first-order valence-electron chi connectivity index (χ1n) is 7.44. The van der Waals surface area contributed by atoms with E-state index in [0.29, 0.717) is 17.8 Å². The number of fused-ring (bicyclic) bond motifs is 1. The number of thiazole rings is 1. The van der Waals surface area contributed by atoms with Gasteiger partial charge >= 0.3 is 0 Å². The highest BCUT2D eigenvalue weighted by Gasteiger charge is 2.23. The molecule has 118 valence electrons. The van der Waals surface area contributed by atoms with Crippen LogP contribution in [0.5, 0.6) is 0 Å². The van der Waals surface area contributed by atoms with E-state index in [1.165, 1.54) is 21.9 Å². The van der Waals surface area contributed by atoms with E-state index in [9.17, 15) is 14.7 Å². The Balaban J connectivity index is 1.87. The Hall–Kier alpha value is -1.73. The summed E-state index contributed by atoms with van der Waals surface area (Å²) >= 11 is 1.44. The summed E-state index contributed by atoms with van der Waals surface area (Å²) in [5.74, 6) is -0.378. The number of hydrogen-bond donors (Lipinski definition) is 2. The van der Waals surface area contributed by atoms with Crippen molar-refractivity contribution >= 4 is 22.2 Å². The predicted molar refractivity (Wildman–Crippen MR) is 84.5 cm³/mol. The Morgan fingerprint density at radius 2 is 2.05 bits per heavy atom. The van der Waals surface area contributed by atoms with Gasteiger partial charge in [0.2, 0.25) is 0 Å². The molecule has 2 aromatic heterocycles. The molecule has 0 bridgehead atoms. The molecule has 6 nitrogen and oxygen atoms in total. The standard InChI is InChI=1S/C15H19N3O3S/c1-8-9(2)22-15-16-7-12(14(21)18(8)15)13(20)17-10-3-5-11(19)6-4-10/h7,10-11,19H,3-6H2,1-2H3,(H,17,20). The quantitative estimate of drug-likeness (QED) is 0.876. The van der Waals surface area contributed by atoms with E-state index in [2.05, 4.69) is 10.3 Å². The molecule has 0 atom stereocenters. The minimum atomic E-state index is -0.378. The molecule has 0 saturated heterocycles. The third-order valence-electron chi connectivity index (χ3n) is 4.29. The molecule has 2 N–H and O–H groups in total. The Morgan fingerprint density at radius 1 is 1.36 bits per heavy atom. The van der Waals surface area contributed by atoms with Crippen molar-refractivity contribution in [2.75, 3.05) is 0 Å². The van der Waals surface area contributed by atoms with Gasteiger partial charge in [-0.05, 0) is 39.5 Å². The van der Waals surface area contributed by atoms with E-state index >= 15 is 0 Å². The predicted octanol–water partition coefficient (Wildman–Crippen LogP) is 1.41. The van der Waals surface area contributed by atoms with Gasteiger partial charge in [0.25, 0.3) is 11.5 Å². The number of carbonyl (C=O) groups is 1. The summed E-state index contributed by atoms with van der Waals surface area (Å²) < 4.78 is 1.50. The van der Waals surface area contributed by atoms with Crippen LogP contribution in [0.1, 0.15) is 46.6 Å². The number of nitrogens with one attached hydrogen (secondary N) is 1. The zero-order valence-corrected chi connectivity index (χ0v) is 13.4. The van der Waals surface area contributed by atoms with Crippen molar-refractivity contribution in [3.05, 3.63) is 32.7 Å². The van der Waals surface area contributed by atoms with E-state index in [1.54, 1.807) is 0 Å². The number of aliphatic hydroxyl groups is 1. The molecule has 0 spiro atoms. The van der Waals surface area contributed by atoms with Crippen LogP contribution >= 0.6 is 11.3 Å². The zero-order valence-electron chi connectivity index (χ0n) is 12.6. The summed E-state index contributed by atoms with van der Waals surface area (Å²) in [6.45, 7) is 3.79. The summed E-state index contributed by atoms with van der Waals surface area (Å²) in [5, 5.41) is 12.4. The average molecular weight is 321 g/mol. The maximum atomic E-state index is 12.5. The molecule has 2 heterocycles. The summed E-state index contributed by atoms with van der Waals surface area (Å²) in [4.78, 5) is 30.7. The van der Waals surface area contributed by atoms with Gasteiger partial charge in [-0.1, -0.05) is 0 Å². The number of aromatic nitrogens is 2. The number of rotatable bonds is 2. The van der Waals surface area contributed by atoms with Crippen LogP contribution in [0.25, 0.3) is 4.96 Å². The van der Waals surface area contributed by atoms with Gasteiger partial charge in [-0.15, -0.1) is 11.3 Å². The number of carbonyl (C=O) groups excluding carboxylic acids is 1. The summed E-state index contributed by atoms with van der Waals surface area (Å²) in [6, 6.07) is 0.0151. The van der Waals surface area contributed by atoms with Crippen LogP contribution in [-0.2, 0) is 0 Å². The van der Waals surface area contributed by atoms with Crippen molar-refractivity contribution < 1.29 is 9.90 Å². The molecule has 1 aliphatic rings. The summed E-state index contributed by atoms with van der Waals surface area (Å²) in [7, 11) is 0. The second-order valence-corrected chi connectivity index (χ2v) is 7.00. The van der Waals surface area contributed by atoms with Crippen LogP contribution in [0.4, 0.5) is 0 Å². The Kier molecular flexibility index (Phi) is 4.01. The molecule has 0 aromatic carbocycles. The second kappa shape index (κ2) is 5.81. The van der Waals surface area contributed by atoms with Gasteiger partial charge in [-0.2, -0.15) is 0 Å². The molecule has 7 heteroatoms. The molecule has 1 saturated carbocycles. The zero-order chi connectivity index (χ0) is 15.9. The van der Waals surface area contributed by atoms with Crippen LogP contribution in [0, 0.1) is 13.8 Å². The molecule has 1 fully saturated rings. The average Bonchev–Trinajstić information content (AvgIpc) is 2.77. The Bertz CT molecular complexity index is 772. The fraction of sp³-hybridized carbons (Fsp3) is 0.533. The SMILES string of the molecule is Cc1sc2ncc(C(=O)NC3CCC(O)CC3)c(=O)n2c1C. The molecule has 1 amide bonds. The highest BCUT2D eigenvalue weighted by atomic mass is 32.1. The first-order valence-corrected chi connectivity index (χ1v) is 8.25. The topological polar surface area (TPSA) is 83.7 Å². The van der Waals surface area contributed by atoms with E-state index in [0.717, 1.165) is 23.4 Å². The third kappa shape index (κ3) is 2.66. The molecular formula is C15H19N3O3S. The van der Waals surface area contributed by atoms with Gasteiger partial charge in [0.15, 0.2) is 4.96 Å². The van der Waals surface area contributed by atoms with Crippen LogP contribution < -0.4 is 10.9 Å². The lowest BCUT2D eigenvalue weighted by Gasteiger charge is -2.26. The third-order valence-corrected chi connectivity index (χ3v) is 5.37. The maximum absolute atomic E-state index is 12.5. The highest BCUT2D eigenvalue weighted by molar-refractivity contribution is 7.17. The maximum Gasteiger partial charge on any atom is 0.271 e. The highest BCUT2D eigenvalue weighted by Crippen LogP contribution is 2.20. The van der Waals surface area contributed by atoms with E-state index in [-0.39, 0.29) is 29.2 Å². The number of amides is 1. The molecule has 0 unspecified atom stereocenters. The molecule has 3 rings (SSSR count). The smallest absolute Gasteiger partial charge is 0.271 e. The van der Waals surface area contributed by atoms with Crippen LogP contribution in [-0.4, -0.2) is 32.5 Å². The lowest BCUT2D eigenvalue weighted by atomic mass is 9.93. The van der Waals surface area contributed by atoms with E-state index < -0.39 is 0 Å². The molecular weight excluding hydrogens is 302 g/mol. The molecule has 0 aliphatic heterocycles. The minimum absolute atomic E-state index is 0.0151. The van der Waals surface area contributed by atoms with Gasteiger partial charge in [0.05, 0.1) is 6.10 Å². The molecule has 1 aliphatic carbocycles. The van der Waals surface area contributed by atoms with Crippen LogP contribution in [0.3, 0.4) is 0 Å². The van der Waals surface area contributed by atoms with Crippen LogP contribution in [0.15, 0.2) is 11.0 Å². The first-order chi connectivity index (χ1) is 10.5. The Labute approximate surface area is 131 Å². The second-order valence-electron chi connectivity index (χ2n) is 5.82. The van der Waals surface area contributed by atoms with Crippen LogP contribution in [0.2, 0.25) is 0 Å². The summed E-state index contributed by atoms with van der Waals surface area (Å²) in [5.41, 5.74) is 0.581. The van der Waals surface area contributed by atoms with Gasteiger partial charge in [0, 0.05) is 22.8 Å². The number of hydrogen-bond acceptors (Lipinski definition) is 5. The molecule has 0 radical (unpaired) electrons. The van der Waals surface area contributed by atoms with Gasteiger partial charge in [-0.25, -0.2) is 4.98 Å². The lowest BCUT2D eigenvalue weighted by Crippen LogP contribution is -2.41. The van der Waals surface area contributed by atoms with Crippen molar-refractivity contribution in [1.29, 1.82) is 0 Å². The number of aliphatic hydroxyl groups excluding tert-OH is 1. The van der Waals surface area contributed by atoms with Crippen molar-refractivity contribution in [2.45, 2.75) is 51.7 Å². The minimum Gasteiger partial charge on any atom is -0.393 e. The van der Waals surface area contributed by atoms with Gasteiger partial charge < -0.3 is 10.4 Å². The van der Waals surface area contributed by atoms with E-state index in [1.807, 2.05) is 13.8 Å². The first kappa shape index (κ1) is 15.2. The Morgan fingerprint density at radius 3 is 2.73 bits per heavy atom. The fourth-order valence-corrected chi connectivity index (χ4v) is 3.74. The normalized spacial score (nSPS) is 22.0. The monoisotopic (exact) mass is 321 g/mol. The van der Waals surface area contributed by atoms with Crippen molar-refractivity contribution in [3.8, 4) is 0 Å². The summed E-state index contributed by atoms with van der Waals surface area (Å²) in [6.07, 6.45) is 3.93. The largest absolute Gasteiger partial charge is 0.393 e. The van der Waals surface area contributed by atoms with Gasteiger partial charge in [-0.3, -0.25) is 14.0 Å². The number of aryl methyl sites for hydroxylation is 2. The fourth-order valence-electron chi connectivity index (χ4n) is 2.82. The number of nitrogens with zero attached hydrogens (tertiary/aromatic N) is 2. The molecule has 2 aromatic rings. The lowest BCUT2D eigenvalue weighted by molar-refractivity contribution is 0.0866. The van der Waals surface area contributed by atoms with Crippen molar-refractivity contribution in [2.24, 2.45) is 0 Å². The molecule has 22 heavy (non-hydrogen) atoms. The van der Waals surface area contributed by atoms with Crippen molar-refractivity contribution in [3.63, 3.8) is 0 Å². The van der Waals surface area contributed by atoms with Crippen molar-refractivity contribution in [1.82, 2.24) is 14.7 Å². The van der Waals surface area contributed by atoms with Gasteiger partial charge in [0.1, 0.15) is 5.56 Å².